The van der Waals surface area contributed by atoms with E-state index in [-0.39, 0.29) is 30.8 Å². The average molecular weight is 649 g/mol. The van der Waals surface area contributed by atoms with E-state index in [1.807, 2.05) is 69.5 Å². The van der Waals surface area contributed by atoms with Crippen LogP contribution >= 0.6 is 0 Å². The first-order valence-electron chi connectivity index (χ1n) is 14.8. The van der Waals surface area contributed by atoms with E-state index in [1.165, 1.54) is 0 Å². The van der Waals surface area contributed by atoms with Gasteiger partial charge in [0.1, 0.15) is 25.2 Å². The summed E-state index contributed by atoms with van der Waals surface area (Å²) >= 11 is 0. The number of benzene rings is 3. The van der Waals surface area contributed by atoms with E-state index in [0.717, 1.165) is 40.3 Å². The predicted octanol–water partition coefficient (Wildman–Crippen LogP) is 6.53. The Morgan fingerprint density at radius 3 is 2.04 bits per heavy atom. The Bertz CT molecular complexity index is 1480. The predicted molar refractivity (Wildman–Crippen MR) is 180 cm³/mol. The van der Waals surface area contributed by atoms with Crippen molar-refractivity contribution in [1.82, 2.24) is 5.43 Å². The van der Waals surface area contributed by atoms with Gasteiger partial charge in [-0.15, -0.1) is 13.2 Å². The number of rotatable bonds is 13. The molecule has 3 aromatic rings. The van der Waals surface area contributed by atoms with Crippen molar-refractivity contribution >= 4 is 29.5 Å². The van der Waals surface area contributed by atoms with E-state index >= 15 is 0 Å². The third-order valence-electron chi connectivity index (χ3n) is 6.52. The van der Waals surface area contributed by atoms with Crippen molar-refractivity contribution in [2.75, 3.05) is 23.8 Å². The van der Waals surface area contributed by atoms with Crippen molar-refractivity contribution in [3.05, 3.63) is 114 Å². The lowest BCUT2D eigenvalue weighted by atomic mass is 9.83. The van der Waals surface area contributed by atoms with Crippen LogP contribution in [0.1, 0.15) is 55.0 Å². The zero-order valence-corrected chi connectivity index (χ0v) is 27.3. The number of amides is 3. The third-order valence-corrected chi connectivity index (χ3v) is 6.52. The zero-order chi connectivity index (χ0) is 34.8. The van der Waals surface area contributed by atoms with Gasteiger partial charge >= 0.3 is 18.1 Å². The van der Waals surface area contributed by atoms with Crippen molar-refractivity contribution in [3.8, 4) is 5.75 Å². The van der Waals surface area contributed by atoms with Gasteiger partial charge in [-0.3, -0.25) is 15.5 Å². The van der Waals surface area contributed by atoms with Crippen LogP contribution < -0.4 is 21.9 Å². The fraction of sp³-hybridized carbons (Fsp3) is 0.286. The molecule has 0 saturated carbocycles. The summed E-state index contributed by atoms with van der Waals surface area (Å²) in [6.07, 6.45) is 2.75. The molecule has 47 heavy (non-hydrogen) atoms. The van der Waals surface area contributed by atoms with E-state index in [0.29, 0.717) is 24.2 Å². The summed E-state index contributed by atoms with van der Waals surface area (Å²) < 4.78 is 10.1. The van der Waals surface area contributed by atoms with E-state index in [1.54, 1.807) is 24.3 Å². The third kappa shape index (κ3) is 13.7. The number of hydrogen-bond acceptors (Lipinski definition) is 9. The Kier molecular flexibility index (Phi) is 15.5. The molecule has 0 unspecified atom stereocenters. The molecule has 0 fully saturated rings. The Labute approximate surface area is 275 Å². The second-order valence-electron chi connectivity index (χ2n) is 11.2. The van der Waals surface area contributed by atoms with Gasteiger partial charge in [0.2, 0.25) is 0 Å². The van der Waals surface area contributed by atoms with Gasteiger partial charge in [-0.25, -0.2) is 15.4 Å². The molecule has 0 aromatic heterocycles. The van der Waals surface area contributed by atoms with Gasteiger partial charge in [-0.1, -0.05) is 57.2 Å². The second kappa shape index (κ2) is 19.2. The van der Waals surface area contributed by atoms with Crippen LogP contribution in [0.2, 0.25) is 0 Å². The van der Waals surface area contributed by atoms with Gasteiger partial charge in [0.25, 0.3) is 0 Å². The molecular formula is C35H44N4O8. The summed E-state index contributed by atoms with van der Waals surface area (Å²) in [6.45, 7) is 13.8. The van der Waals surface area contributed by atoms with E-state index in [4.69, 9.17) is 25.1 Å². The molecule has 0 heterocycles. The maximum atomic E-state index is 12.1. The van der Waals surface area contributed by atoms with Gasteiger partial charge in [-0.2, -0.15) is 4.89 Å². The summed E-state index contributed by atoms with van der Waals surface area (Å²) in [5, 5.41) is 15.6. The summed E-state index contributed by atoms with van der Waals surface area (Å²) in [4.78, 5) is 45.1. The summed E-state index contributed by atoms with van der Waals surface area (Å²) in [5.74, 6) is 4.89. The Morgan fingerprint density at radius 2 is 1.47 bits per heavy atom. The number of aromatic hydroxyl groups is 1. The molecule has 0 aliphatic rings. The first kappa shape index (κ1) is 37.9. The number of anilines is 2. The maximum absolute atomic E-state index is 12.1. The fourth-order valence-corrected chi connectivity index (χ4v) is 4.23. The highest BCUT2D eigenvalue weighted by atomic mass is 17.2. The molecule has 0 saturated heterocycles. The van der Waals surface area contributed by atoms with Crippen molar-refractivity contribution in [1.29, 1.82) is 0 Å². The van der Waals surface area contributed by atoms with Crippen LogP contribution in [0.25, 0.3) is 0 Å². The lowest BCUT2D eigenvalue weighted by molar-refractivity contribution is -0.253. The fourth-order valence-electron chi connectivity index (χ4n) is 4.23. The minimum absolute atomic E-state index is 0.0494. The first-order chi connectivity index (χ1) is 22.4. The number of esters is 1. The highest BCUT2D eigenvalue weighted by molar-refractivity contribution is 5.88. The highest BCUT2D eigenvalue weighted by Gasteiger charge is 2.20. The molecule has 0 radical (unpaired) electrons. The Balaban J connectivity index is 0.00000376. The van der Waals surface area contributed by atoms with Gasteiger partial charge in [0.05, 0.1) is 0 Å². The standard InChI is InChI=1S/C33H40N4O8.C2H4/c1-22-19-25(21-28(30(22)39)33(2,3)4)9-14-29(38)42-15-17-44-45-18-16-43-32(41)36-27-12-7-24(8-13-27)20-23-5-10-26(11-6-23)35-31(40)37-34;1-2/h5-8,10-13,15,17,19,21,39H,9,14,16,18,20,34H2,1-4H3,(H,36,41)(H2,35,37,40);1-2H2/b17-15-;. The molecule has 3 rings (SSSR count). The topological polar surface area (TPSA) is 170 Å². The number of hydrogen-bond donors (Lipinski definition) is 5. The number of nitrogens with two attached hydrogens (primary N) is 1. The van der Waals surface area contributed by atoms with Crippen LogP contribution in [0, 0.1) is 6.92 Å². The SMILES string of the molecule is C=C.Cc1cc(CCC(=O)O/C=C\OOCCOC(=O)Nc2ccc(Cc3ccc(NC(=O)NN)cc3)cc2)cc(C(C)(C)C)c1O. The summed E-state index contributed by atoms with van der Waals surface area (Å²) in [7, 11) is 0. The number of phenolic OH excluding ortho intramolecular Hbond substituents is 1. The normalized spacial score (nSPS) is 10.7. The Morgan fingerprint density at radius 1 is 0.872 bits per heavy atom. The van der Waals surface area contributed by atoms with Crippen LogP contribution in [0.5, 0.6) is 5.75 Å². The van der Waals surface area contributed by atoms with Crippen molar-refractivity contribution in [2.45, 2.75) is 52.4 Å². The number of carbonyl (C=O) groups excluding carboxylic acids is 3. The van der Waals surface area contributed by atoms with Crippen molar-refractivity contribution in [2.24, 2.45) is 5.84 Å². The van der Waals surface area contributed by atoms with Crippen molar-refractivity contribution in [3.63, 3.8) is 0 Å². The Hall–Kier alpha value is -5.33. The smallest absolute Gasteiger partial charge is 0.411 e. The number of nitrogens with one attached hydrogen (secondary N) is 3. The molecule has 0 spiro atoms. The van der Waals surface area contributed by atoms with Crippen LogP contribution in [0.4, 0.5) is 21.0 Å². The van der Waals surface area contributed by atoms with Crippen LogP contribution in [0.3, 0.4) is 0 Å². The van der Waals surface area contributed by atoms with E-state index in [9.17, 15) is 19.5 Å². The lowest BCUT2D eigenvalue weighted by Crippen LogP contribution is -2.34. The lowest BCUT2D eigenvalue weighted by Gasteiger charge is -2.22. The van der Waals surface area contributed by atoms with Crippen LogP contribution in [0.15, 0.2) is 86.3 Å². The molecule has 0 atom stereocenters. The molecular weight excluding hydrogens is 604 g/mol. The minimum Gasteiger partial charge on any atom is -0.507 e. The van der Waals surface area contributed by atoms with Gasteiger partial charge in [0, 0.05) is 17.8 Å². The quantitative estimate of drug-likeness (QED) is 0.0202. The average Bonchev–Trinajstić information content (AvgIpc) is 3.05. The maximum Gasteiger partial charge on any atom is 0.411 e. The van der Waals surface area contributed by atoms with Crippen molar-refractivity contribution < 1.29 is 38.7 Å². The molecule has 0 bridgehead atoms. The number of carbonyl (C=O) groups is 3. The molecule has 3 aromatic carbocycles. The first-order valence-corrected chi connectivity index (χ1v) is 14.8. The molecule has 0 aliphatic heterocycles. The molecule has 6 N–H and O–H groups in total. The van der Waals surface area contributed by atoms with E-state index in [2.05, 4.69) is 23.8 Å². The van der Waals surface area contributed by atoms with E-state index < -0.39 is 18.1 Å². The molecule has 3 amide bonds. The van der Waals surface area contributed by atoms with Crippen LogP contribution in [-0.2, 0) is 42.3 Å². The van der Waals surface area contributed by atoms with Crippen LogP contribution in [-0.4, -0.2) is 36.4 Å². The number of ether oxygens (including phenoxy) is 2. The highest BCUT2D eigenvalue weighted by Crippen LogP contribution is 2.34. The number of phenols is 1. The summed E-state index contributed by atoms with van der Waals surface area (Å²) in [5.41, 5.74) is 7.56. The number of hydrazine groups is 1. The minimum atomic E-state index is -0.654. The summed E-state index contributed by atoms with van der Waals surface area (Å²) in [6, 6.07) is 17.9. The van der Waals surface area contributed by atoms with Gasteiger partial charge in [-0.05, 0) is 77.3 Å². The second-order valence-corrected chi connectivity index (χ2v) is 11.2. The monoisotopic (exact) mass is 648 g/mol. The largest absolute Gasteiger partial charge is 0.507 e. The van der Waals surface area contributed by atoms with Gasteiger partial charge in [0.15, 0.2) is 6.26 Å². The van der Waals surface area contributed by atoms with Gasteiger partial charge < -0.3 is 24.8 Å². The molecule has 252 valence electrons. The molecule has 0 aliphatic carbocycles. The molecule has 12 heteroatoms. The number of aryl methyl sites for hydroxylation is 2. The number of urea groups is 1. The molecule has 12 nitrogen and oxygen atoms in total. The zero-order valence-electron chi connectivity index (χ0n) is 27.3.